The van der Waals surface area contributed by atoms with Crippen LogP contribution in [0.1, 0.15) is 12.0 Å². The number of likely N-dealkylation sites (tertiary alicyclic amines) is 1. The van der Waals surface area contributed by atoms with Gasteiger partial charge in [-0.25, -0.2) is 4.98 Å². The Morgan fingerprint density at radius 1 is 1.37 bits per heavy atom. The van der Waals surface area contributed by atoms with Gasteiger partial charge in [0.15, 0.2) is 0 Å². The van der Waals surface area contributed by atoms with Crippen molar-refractivity contribution in [1.29, 1.82) is 0 Å². The van der Waals surface area contributed by atoms with Crippen LogP contribution in [0.2, 0.25) is 5.15 Å². The highest BCUT2D eigenvalue weighted by molar-refractivity contribution is 6.29. The lowest BCUT2D eigenvalue weighted by Crippen LogP contribution is -2.33. The summed E-state index contributed by atoms with van der Waals surface area (Å²) in [4.78, 5) is 17.9. The van der Waals surface area contributed by atoms with E-state index in [1.54, 1.807) is 11.0 Å². The maximum atomic E-state index is 11.9. The molecule has 0 aliphatic carbocycles. The molecule has 0 saturated carbocycles. The number of nitrogens with zero attached hydrogens (tertiary/aromatic N) is 2. The van der Waals surface area contributed by atoms with E-state index in [-0.39, 0.29) is 11.9 Å². The van der Waals surface area contributed by atoms with Crippen LogP contribution in [0.5, 0.6) is 0 Å². The molecule has 1 aromatic carbocycles. The number of hydrogen-bond donors (Lipinski definition) is 1. The first-order chi connectivity index (χ1) is 9.15. The number of aromatic nitrogens is 1. The molecule has 1 aromatic heterocycles. The second-order valence-electron chi connectivity index (χ2n) is 4.77. The van der Waals surface area contributed by atoms with Crippen molar-refractivity contribution in [3.63, 3.8) is 0 Å². The molecule has 5 heteroatoms. The van der Waals surface area contributed by atoms with Crippen LogP contribution >= 0.6 is 11.6 Å². The average Bonchev–Trinajstić information content (AvgIpc) is 2.71. The SMILES string of the molecule is NC1CCN(Cc2cccc3nc(Cl)ccc23)C1=O. The normalized spacial score (nSPS) is 19.4. The van der Waals surface area contributed by atoms with Gasteiger partial charge in [0.2, 0.25) is 5.91 Å². The maximum absolute atomic E-state index is 11.9. The second-order valence-corrected chi connectivity index (χ2v) is 5.16. The van der Waals surface area contributed by atoms with E-state index in [1.165, 1.54) is 0 Å². The Labute approximate surface area is 116 Å². The first kappa shape index (κ1) is 12.4. The molecular formula is C14H14ClN3O. The van der Waals surface area contributed by atoms with Crippen molar-refractivity contribution in [2.24, 2.45) is 5.73 Å². The Morgan fingerprint density at radius 2 is 2.21 bits per heavy atom. The van der Waals surface area contributed by atoms with Crippen LogP contribution in [0.3, 0.4) is 0 Å². The van der Waals surface area contributed by atoms with Gasteiger partial charge in [-0.2, -0.15) is 0 Å². The first-order valence-corrected chi connectivity index (χ1v) is 6.61. The molecule has 1 aliphatic heterocycles. The molecule has 19 heavy (non-hydrogen) atoms. The Bertz CT molecular complexity index is 644. The van der Waals surface area contributed by atoms with Crippen LogP contribution in [0.25, 0.3) is 10.9 Å². The molecule has 98 valence electrons. The number of halogens is 1. The van der Waals surface area contributed by atoms with Crippen molar-refractivity contribution in [2.75, 3.05) is 6.54 Å². The Hall–Kier alpha value is -1.65. The number of rotatable bonds is 2. The van der Waals surface area contributed by atoms with E-state index >= 15 is 0 Å². The van der Waals surface area contributed by atoms with Gasteiger partial charge in [-0.15, -0.1) is 0 Å². The summed E-state index contributed by atoms with van der Waals surface area (Å²) in [6.45, 7) is 1.30. The summed E-state index contributed by atoms with van der Waals surface area (Å²) >= 11 is 5.89. The largest absolute Gasteiger partial charge is 0.337 e. The highest BCUT2D eigenvalue weighted by Gasteiger charge is 2.28. The van der Waals surface area contributed by atoms with Gasteiger partial charge in [0.05, 0.1) is 11.6 Å². The predicted octanol–water partition coefficient (Wildman–Crippen LogP) is 1.95. The first-order valence-electron chi connectivity index (χ1n) is 6.23. The molecule has 3 rings (SSSR count). The van der Waals surface area contributed by atoms with Crippen molar-refractivity contribution in [3.8, 4) is 0 Å². The summed E-state index contributed by atoms with van der Waals surface area (Å²) in [5.74, 6) is 0.0268. The van der Waals surface area contributed by atoms with Gasteiger partial charge in [-0.3, -0.25) is 4.79 Å². The fraction of sp³-hybridized carbons (Fsp3) is 0.286. The van der Waals surface area contributed by atoms with Crippen molar-refractivity contribution >= 4 is 28.4 Å². The fourth-order valence-corrected chi connectivity index (χ4v) is 2.61. The van der Waals surface area contributed by atoms with Gasteiger partial charge >= 0.3 is 0 Å². The minimum Gasteiger partial charge on any atom is -0.337 e. The molecule has 2 aromatic rings. The number of carbonyl (C=O) groups excluding carboxylic acids is 1. The zero-order chi connectivity index (χ0) is 13.4. The zero-order valence-electron chi connectivity index (χ0n) is 10.3. The van der Waals surface area contributed by atoms with E-state index in [4.69, 9.17) is 17.3 Å². The van der Waals surface area contributed by atoms with Crippen LogP contribution in [-0.2, 0) is 11.3 Å². The summed E-state index contributed by atoms with van der Waals surface area (Å²) in [6, 6.07) is 9.23. The maximum Gasteiger partial charge on any atom is 0.239 e. The van der Waals surface area contributed by atoms with E-state index in [2.05, 4.69) is 4.98 Å². The molecule has 1 atom stereocenters. The van der Waals surface area contributed by atoms with E-state index < -0.39 is 0 Å². The summed E-state index contributed by atoms with van der Waals surface area (Å²) in [5, 5.41) is 1.50. The van der Waals surface area contributed by atoms with Gasteiger partial charge in [-0.05, 0) is 30.2 Å². The number of amides is 1. The van der Waals surface area contributed by atoms with Crippen molar-refractivity contribution in [2.45, 2.75) is 19.0 Å². The minimum atomic E-state index is -0.345. The predicted molar refractivity (Wildman–Crippen MR) is 74.8 cm³/mol. The molecule has 0 bridgehead atoms. The summed E-state index contributed by atoms with van der Waals surface area (Å²) in [5.41, 5.74) is 7.66. The number of fused-ring (bicyclic) bond motifs is 1. The third kappa shape index (κ3) is 2.29. The van der Waals surface area contributed by atoms with Crippen LogP contribution in [0.4, 0.5) is 0 Å². The molecule has 0 spiro atoms. The van der Waals surface area contributed by atoms with Crippen molar-refractivity contribution < 1.29 is 4.79 Å². The van der Waals surface area contributed by atoms with Crippen LogP contribution in [-0.4, -0.2) is 28.4 Å². The van der Waals surface area contributed by atoms with E-state index in [0.717, 1.165) is 29.4 Å². The van der Waals surface area contributed by atoms with Gasteiger partial charge in [0, 0.05) is 18.5 Å². The van der Waals surface area contributed by atoms with Crippen LogP contribution in [0.15, 0.2) is 30.3 Å². The number of benzene rings is 1. The summed E-state index contributed by atoms with van der Waals surface area (Å²) in [7, 11) is 0. The van der Waals surface area contributed by atoms with Crippen LogP contribution in [0, 0.1) is 0 Å². The molecule has 2 N–H and O–H groups in total. The summed E-state index contributed by atoms with van der Waals surface area (Å²) < 4.78 is 0. The fourth-order valence-electron chi connectivity index (χ4n) is 2.46. The number of hydrogen-bond acceptors (Lipinski definition) is 3. The highest BCUT2D eigenvalue weighted by Crippen LogP contribution is 2.22. The number of carbonyl (C=O) groups is 1. The molecule has 1 amide bonds. The lowest BCUT2D eigenvalue weighted by molar-refractivity contribution is -0.129. The molecule has 1 unspecified atom stereocenters. The molecule has 2 heterocycles. The molecule has 4 nitrogen and oxygen atoms in total. The smallest absolute Gasteiger partial charge is 0.239 e. The zero-order valence-corrected chi connectivity index (χ0v) is 11.1. The van der Waals surface area contributed by atoms with Crippen molar-refractivity contribution in [3.05, 3.63) is 41.0 Å². The van der Waals surface area contributed by atoms with Crippen molar-refractivity contribution in [1.82, 2.24) is 9.88 Å². The molecule has 1 fully saturated rings. The van der Waals surface area contributed by atoms with Gasteiger partial charge in [0.1, 0.15) is 5.15 Å². The molecule has 1 aliphatic rings. The Balaban J connectivity index is 1.95. The Morgan fingerprint density at radius 3 is 2.95 bits per heavy atom. The summed E-state index contributed by atoms with van der Waals surface area (Å²) in [6.07, 6.45) is 0.730. The minimum absolute atomic E-state index is 0.0268. The standard InChI is InChI=1S/C14H14ClN3O/c15-13-5-4-10-9(2-1-3-12(10)17-13)8-18-7-6-11(16)14(18)19/h1-5,11H,6-8,16H2. The van der Waals surface area contributed by atoms with Gasteiger partial charge in [0.25, 0.3) is 0 Å². The monoisotopic (exact) mass is 275 g/mol. The number of pyridine rings is 1. The Kier molecular flexibility index (Phi) is 3.12. The highest BCUT2D eigenvalue weighted by atomic mass is 35.5. The molecular weight excluding hydrogens is 262 g/mol. The lowest BCUT2D eigenvalue weighted by atomic mass is 10.1. The average molecular weight is 276 g/mol. The van der Waals surface area contributed by atoms with Gasteiger partial charge in [-0.1, -0.05) is 23.7 Å². The third-order valence-corrected chi connectivity index (χ3v) is 3.70. The third-order valence-electron chi connectivity index (χ3n) is 3.49. The van der Waals surface area contributed by atoms with E-state index in [1.807, 2.05) is 24.3 Å². The topological polar surface area (TPSA) is 59.2 Å². The quantitative estimate of drug-likeness (QED) is 0.852. The molecule has 1 saturated heterocycles. The molecule has 0 radical (unpaired) electrons. The number of nitrogens with two attached hydrogens (primary N) is 1. The second kappa shape index (κ2) is 4.79. The van der Waals surface area contributed by atoms with Gasteiger partial charge < -0.3 is 10.6 Å². The van der Waals surface area contributed by atoms with Crippen LogP contribution < -0.4 is 5.73 Å². The van der Waals surface area contributed by atoms with E-state index in [0.29, 0.717) is 11.7 Å². The lowest BCUT2D eigenvalue weighted by Gasteiger charge is -2.17. The van der Waals surface area contributed by atoms with E-state index in [9.17, 15) is 4.79 Å².